The van der Waals surface area contributed by atoms with Gasteiger partial charge in [-0.2, -0.15) is 0 Å². The van der Waals surface area contributed by atoms with Crippen LogP contribution in [0.4, 0.5) is 5.69 Å². The first-order chi connectivity index (χ1) is 8.97. The van der Waals surface area contributed by atoms with Gasteiger partial charge in [0.15, 0.2) is 0 Å². The second-order valence-corrected chi connectivity index (χ2v) is 5.71. The Bertz CT molecular complexity index is 590. The van der Waals surface area contributed by atoms with Gasteiger partial charge < -0.3 is 10.5 Å². The van der Waals surface area contributed by atoms with E-state index in [1.165, 1.54) is 0 Å². The molecule has 0 fully saturated rings. The predicted octanol–water partition coefficient (Wildman–Crippen LogP) is 4.88. The largest absolute Gasteiger partial charge is 0.489 e. The van der Waals surface area contributed by atoms with Crippen molar-refractivity contribution < 1.29 is 4.74 Å². The molecule has 0 aliphatic rings. The van der Waals surface area contributed by atoms with E-state index in [9.17, 15) is 0 Å². The Labute approximate surface area is 126 Å². The smallest absolute Gasteiger partial charge is 0.120 e. The quantitative estimate of drug-likeness (QED) is 0.808. The fraction of sp³-hybridized carbons (Fsp3) is 0.200. The van der Waals surface area contributed by atoms with Gasteiger partial charge in [-0.25, -0.2) is 0 Å². The lowest BCUT2D eigenvalue weighted by atomic mass is 10.1. The van der Waals surface area contributed by atoms with E-state index in [0.717, 1.165) is 26.9 Å². The summed E-state index contributed by atoms with van der Waals surface area (Å²) in [5.74, 6) is 0.839. The Balaban J connectivity index is 2.14. The number of nitrogen functional groups attached to an aromatic ring is 1. The summed E-state index contributed by atoms with van der Waals surface area (Å²) in [4.78, 5) is 0. The van der Waals surface area contributed by atoms with Gasteiger partial charge in [-0.1, -0.05) is 33.6 Å². The molecule has 0 heterocycles. The Morgan fingerprint density at radius 2 is 1.79 bits per heavy atom. The summed E-state index contributed by atoms with van der Waals surface area (Å²) in [6.45, 7) is 4.51. The van der Waals surface area contributed by atoms with E-state index in [0.29, 0.717) is 17.3 Å². The van der Waals surface area contributed by atoms with Crippen molar-refractivity contribution in [3.63, 3.8) is 0 Å². The molecule has 0 aliphatic heterocycles. The minimum Gasteiger partial charge on any atom is -0.489 e. The number of hydrogen-bond acceptors (Lipinski definition) is 2. The third-order valence-electron chi connectivity index (χ3n) is 2.88. The number of aryl methyl sites for hydroxylation is 2. The summed E-state index contributed by atoms with van der Waals surface area (Å²) in [5.41, 5.74) is 9.54. The number of benzene rings is 2. The number of anilines is 1. The van der Waals surface area contributed by atoms with E-state index < -0.39 is 0 Å². The lowest BCUT2D eigenvalue weighted by Gasteiger charge is -2.11. The zero-order valence-corrected chi connectivity index (χ0v) is 13.2. The lowest BCUT2D eigenvalue weighted by molar-refractivity contribution is 0.306. The van der Waals surface area contributed by atoms with Crippen LogP contribution in [-0.2, 0) is 6.61 Å². The van der Waals surface area contributed by atoms with Crippen LogP contribution in [0, 0.1) is 13.8 Å². The number of ether oxygens (including phenoxy) is 1. The van der Waals surface area contributed by atoms with Gasteiger partial charge in [0.2, 0.25) is 0 Å². The van der Waals surface area contributed by atoms with Crippen molar-refractivity contribution in [3.05, 3.63) is 56.5 Å². The van der Waals surface area contributed by atoms with Crippen LogP contribution < -0.4 is 10.5 Å². The zero-order chi connectivity index (χ0) is 14.0. The molecule has 2 aromatic rings. The van der Waals surface area contributed by atoms with Crippen LogP contribution in [0.25, 0.3) is 0 Å². The Morgan fingerprint density at radius 1 is 1.16 bits per heavy atom. The molecule has 0 spiro atoms. The van der Waals surface area contributed by atoms with Crippen molar-refractivity contribution in [2.24, 2.45) is 0 Å². The molecule has 0 unspecified atom stereocenters. The first kappa shape index (κ1) is 14.2. The van der Waals surface area contributed by atoms with Gasteiger partial charge in [0.05, 0.1) is 0 Å². The molecule has 0 aliphatic carbocycles. The van der Waals surface area contributed by atoms with Crippen LogP contribution in [0.5, 0.6) is 5.75 Å². The molecule has 4 heteroatoms. The molecule has 0 amide bonds. The summed E-state index contributed by atoms with van der Waals surface area (Å²) >= 11 is 9.65. The van der Waals surface area contributed by atoms with E-state index in [1.807, 2.05) is 38.1 Å². The maximum atomic E-state index is 6.12. The maximum absolute atomic E-state index is 6.12. The summed E-state index contributed by atoms with van der Waals surface area (Å²) in [6, 6.07) is 9.45. The van der Waals surface area contributed by atoms with Crippen LogP contribution in [0.2, 0.25) is 5.02 Å². The van der Waals surface area contributed by atoms with Crippen LogP contribution in [-0.4, -0.2) is 0 Å². The molecular weight excluding hydrogens is 326 g/mol. The van der Waals surface area contributed by atoms with Gasteiger partial charge in [-0.15, -0.1) is 0 Å². The van der Waals surface area contributed by atoms with E-state index in [4.69, 9.17) is 22.1 Å². The van der Waals surface area contributed by atoms with Crippen LogP contribution in [0.3, 0.4) is 0 Å². The maximum Gasteiger partial charge on any atom is 0.120 e. The predicted molar refractivity (Wildman–Crippen MR) is 83.8 cm³/mol. The van der Waals surface area contributed by atoms with Crippen molar-refractivity contribution >= 4 is 33.2 Å². The van der Waals surface area contributed by atoms with Crippen LogP contribution in [0.15, 0.2) is 34.8 Å². The molecule has 19 heavy (non-hydrogen) atoms. The second kappa shape index (κ2) is 5.85. The molecule has 0 radical (unpaired) electrons. The highest BCUT2D eigenvalue weighted by Crippen LogP contribution is 2.27. The zero-order valence-electron chi connectivity index (χ0n) is 10.8. The Morgan fingerprint density at radius 3 is 2.37 bits per heavy atom. The minimum absolute atomic E-state index is 0.430. The van der Waals surface area contributed by atoms with Gasteiger partial charge in [0.25, 0.3) is 0 Å². The molecule has 0 saturated heterocycles. The van der Waals surface area contributed by atoms with Crippen molar-refractivity contribution in [1.82, 2.24) is 0 Å². The lowest BCUT2D eigenvalue weighted by Crippen LogP contribution is -1.98. The van der Waals surface area contributed by atoms with Gasteiger partial charge in [0, 0.05) is 20.7 Å². The molecule has 2 N–H and O–H groups in total. The molecule has 2 aromatic carbocycles. The fourth-order valence-corrected chi connectivity index (χ4v) is 2.30. The van der Waals surface area contributed by atoms with Crippen molar-refractivity contribution in [2.75, 3.05) is 5.73 Å². The highest BCUT2D eigenvalue weighted by Gasteiger charge is 2.05. The van der Waals surface area contributed by atoms with Gasteiger partial charge in [-0.05, 0) is 49.2 Å². The molecular formula is C15H15BrClNO. The van der Waals surface area contributed by atoms with E-state index >= 15 is 0 Å². The molecule has 0 atom stereocenters. The molecule has 0 saturated carbocycles. The van der Waals surface area contributed by atoms with Crippen molar-refractivity contribution in [2.45, 2.75) is 20.5 Å². The first-order valence-electron chi connectivity index (χ1n) is 5.91. The summed E-state index contributed by atoms with van der Waals surface area (Å²) in [6.07, 6.45) is 0. The van der Waals surface area contributed by atoms with E-state index in [2.05, 4.69) is 15.9 Å². The SMILES string of the molecule is Cc1cc(OCc2ccc(N)cc2Cl)cc(C)c1Br. The fourth-order valence-electron chi connectivity index (χ4n) is 1.83. The van der Waals surface area contributed by atoms with E-state index in [-0.39, 0.29) is 0 Å². The Kier molecular flexibility index (Phi) is 4.38. The average Bonchev–Trinajstić information content (AvgIpc) is 2.34. The second-order valence-electron chi connectivity index (χ2n) is 4.51. The topological polar surface area (TPSA) is 35.2 Å². The Hall–Kier alpha value is -1.19. The molecule has 2 rings (SSSR count). The summed E-state index contributed by atoms with van der Waals surface area (Å²) < 4.78 is 6.90. The minimum atomic E-state index is 0.430. The van der Waals surface area contributed by atoms with Crippen molar-refractivity contribution in [1.29, 1.82) is 0 Å². The highest BCUT2D eigenvalue weighted by molar-refractivity contribution is 9.10. The van der Waals surface area contributed by atoms with Crippen LogP contribution in [0.1, 0.15) is 16.7 Å². The summed E-state index contributed by atoms with van der Waals surface area (Å²) in [7, 11) is 0. The third kappa shape index (κ3) is 3.43. The van der Waals surface area contributed by atoms with Crippen molar-refractivity contribution in [3.8, 4) is 5.75 Å². The normalized spacial score (nSPS) is 10.5. The highest BCUT2D eigenvalue weighted by atomic mass is 79.9. The molecule has 0 aromatic heterocycles. The van der Waals surface area contributed by atoms with Gasteiger partial charge in [-0.3, -0.25) is 0 Å². The number of nitrogens with two attached hydrogens (primary N) is 1. The monoisotopic (exact) mass is 339 g/mol. The molecule has 0 bridgehead atoms. The number of hydrogen-bond donors (Lipinski definition) is 1. The molecule has 100 valence electrons. The van der Waals surface area contributed by atoms with E-state index in [1.54, 1.807) is 6.07 Å². The standard InChI is InChI=1S/C15H15BrClNO/c1-9-5-13(6-10(2)15(9)16)19-8-11-3-4-12(18)7-14(11)17/h3-7H,8,18H2,1-2H3. The first-order valence-corrected chi connectivity index (χ1v) is 7.08. The molecule has 2 nitrogen and oxygen atoms in total. The van der Waals surface area contributed by atoms with Crippen LogP contribution >= 0.6 is 27.5 Å². The number of halogens is 2. The average molecular weight is 341 g/mol. The number of rotatable bonds is 3. The van der Waals surface area contributed by atoms with Gasteiger partial charge >= 0.3 is 0 Å². The summed E-state index contributed by atoms with van der Waals surface area (Å²) in [5, 5.41) is 0.630. The third-order valence-corrected chi connectivity index (χ3v) is 4.48. The van der Waals surface area contributed by atoms with Gasteiger partial charge in [0.1, 0.15) is 12.4 Å².